The fraction of sp³-hybridized carbons (Fsp3) is 0.556. The van der Waals surface area contributed by atoms with Crippen LogP contribution in [0.4, 0.5) is 0 Å². The van der Waals surface area contributed by atoms with Crippen molar-refractivity contribution in [1.29, 1.82) is 0 Å². The summed E-state index contributed by atoms with van der Waals surface area (Å²) in [5.41, 5.74) is 0. The zero-order valence-electron chi connectivity index (χ0n) is 14.8. The SMILES string of the molecule is CN1C(=O)C[C@@H]2CN(C(=O)CCCc3nc(-c4ccco4)no3)CC[C@@H]21. The average Bonchev–Trinajstić information content (AvgIpc) is 3.36. The molecule has 0 aromatic carbocycles. The van der Waals surface area contributed by atoms with E-state index in [0.29, 0.717) is 55.7 Å². The van der Waals surface area contributed by atoms with Crippen molar-refractivity contribution in [2.24, 2.45) is 5.92 Å². The van der Waals surface area contributed by atoms with E-state index in [4.69, 9.17) is 8.94 Å². The number of hydrogen-bond acceptors (Lipinski definition) is 6. The molecule has 0 N–H and O–H groups in total. The summed E-state index contributed by atoms with van der Waals surface area (Å²) in [6.45, 7) is 1.41. The number of piperidine rings is 1. The van der Waals surface area contributed by atoms with E-state index in [1.807, 2.05) is 16.8 Å². The van der Waals surface area contributed by atoms with Crippen LogP contribution in [0.2, 0.25) is 0 Å². The van der Waals surface area contributed by atoms with Crippen LogP contribution in [-0.4, -0.2) is 57.9 Å². The molecule has 2 aromatic heterocycles. The van der Waals surface area contributed by atoms with Gasteiger partial charge < -0.3 is 18.7 Å². The third-order valence-corrected chi connectivity index (χ3v) is 5.37. The maximum absolute atomic E-state index is 12.5. The van der Waals surface area contributed by atoms with Crippen LogP contribution in [0, 0.1) is 5.92 Å². The van der Waals surface area contributed by atoms with Crippen LogP contribution in [0.25, 0.3) is 11.6 Å². The molecule has 26 heavy (non-hydrogen) atoms. The number of carbonyl (C=O) groups excluding carboxylic acids is 2. The first kappa shape index (κ1) is 16.8. The normalized spacial score (nSPS) is 22.7. The maximum atomic E-state index is 12.5. The molecule has 2 saturated heterocycles. The predicted octanol–water partition coefficient (Wildman–Crippen LogP) is 1.73. The van der Waals surface area contributed by atoms with E-state index in [1.165, 1.54) is 0 Å². The Bertz CT molecular complexity index is 785. The number of furan rings is 1. The number of aromatic nitrogens is 2. The number of aryl methyl sites for hydroxylation is 1. The average molecular weight is 358 g/mol. The molecule has 0 unspecified atom stereocenters. The van der Waals surface area contributed by atoms with E-state index in [9.17, 15) is 9.59 Å². The lowest BCUT2D eigenvalue weighted by Gasteiger charge is -2.36. The molecule has 2 aromatic rings. The fourth-order valence-corrected chi connectivity index (χ4v) is 3.92. The molecule has 2 amide bonds. The van der Waals surface area contributed by atoms with E-state index < -0.39 is 0 Å². The largest absolute Gasteiger partial charge is 0.461 e. The Morgan fingerprint density at radius 1 is 1.42 bits per heavy atom. The summed E-state index contributed by atoms with van der Waals surface area (Å²) in [5, 5.41) is 3.88. The Balaban J connectivity index is 1.25. The van der Waals surface area contributed by atoms with Gasteiger partial charge in [0.1, 0.15) is 0 Å². The Labute approximate surface area is 151 Å². The highest BCUT2D eigenvalue weighted by Gasteiger charge is 2.41. The summed E-state index contributed by atoms with van der Waals surface area (Å²) >= 11 is 0. The lowest BCUT2D eigenvalue weighted by molar-refractivity contribution is -0.133. The van der Waals surface area contributed by atoms with Gasteiger partial charge >= 0.3 is 0 Å². The van der Waals surface area contributed by atoms with Crippen LogP contribution in [0.1, 0.15) is 31.6 Å². The molecule has 2 aliphatic rings. The van der Waals surface area contributed by atoms with E-state index in [2.05, 4.69) is 10.1 Å². The molecule has 8 heteroatoms. The molecular formula is C18H22N4O4. The van der Waals surface area contributed by atoms with Crippen molar-refractivity contribution in [3.05, 3.63) is 24.3 Å². The molecule has 2 atom stereocenters. The van der Waals surface area contributed by atoms with Crippen molar-refractivity contribution in [3.63, 3.8) is 0 Å². The van der Waals surface area contributed by atoms with Crippen molar-refractivity contribution in [1.82, 2.24) is 19.9 Å². The Morgan fingerprint density at radius 2 is 2.31 bits per heavy atom. The topological polar surface area (TPSA) is 92.7 Å². The van der Waals surface area contributed by atoms with Gasteiger partial charge in [0.05, 0.1) is 6.26 Å². The summed E-state index contributed by atoms with van der Waals surface area (Å²) in [4.78, 5) is 32.3. The number of likely N-dealkylation sites (tertiary alicyclic amines) is 2. The minimum absolute atomic E-state index is 0.135. The van der Waals surface area contributed by atoms with Crippen LogP contribution < -0.4 is 0 Å². The van der Waals surface area contributed by atoms with Crippen LogP contribution in [-0.2, 0) is 16.0 Å². The lowest BCUT2D eigenvalue weighted by Crippen LogP contribution is -2.47. The number of rotatable bonds is 5. The molecule has 0 radical (unpaired) electrons. The fourth-order valence-electron chi connectivity index (χ4n) is 3.92. The second-order valence-corrected chi connectivity index (χ2v) is 7.01. The zero-order chi connectivity index (χ0) is 18.1. The molecule has 2 fully saturated rings. The number of nitrogens with zero attached hydrogens (tertiary/aromatic N) is 4. The zero-order valence-corrected chi connectivity index (χ0v) is 14.8. The molecular weight excluding hydrogens is 336 g/mol. The van der Waals surface area contributed by atoms with Gasteiger partial charge in [-0.05, 0) is 25.0 Å². The molecule has 0 aliphatic carbocycles. The van der Waals surface area contributed by atoms with Crippen LogP contribution in [0.5, 0.6) is 0 Å². The van der Waals surface area contributed by atoms with Gasteiger partial charge in [-0.25, -0.2) is 0 Å². The second kappa shape index (κ2) is 6.93. The first-order valence-electron chi connectivity index (χ1n) is 9.01. The molecule has 4 rings (SSSR count). The van der Waals surface area contributed by atoms with Crippen molar-refractivity contribution in [3.8, 4) is 11.6 Å². The highest BCUT2D eigenvalue weighted by Crippen LogP contribution is 2.31. The van der Waals surface area contributed by atoms with Gasteiger partial charge in [-0.15, -0.1) is 0 Å². The summed E-state index contributed by atoms with van der Waals surface area (Å²) in [7, 11) is 1.87. The van der Waals surface area contributed by atoms with Gasteiger partial charge in [0.2, 0.25) is 23.5 Å². The van der Waals surface area contributed by atoms with Crippen LogP contribution in [0.3, 0.4) is 0 Å². The highest BCUT2D eigenvalue weighted by atomic mass is 16.5. The van der Waals surface area contributed by atoms with Crippen molar-refractivity contribution in [2.75, 3.05) is 20.1 Å². The van der Waals surface area contributed by atoms with E-state index >= 15 is 0 Å². The van der Waals surface area contributed by atoms with Gasteiger partial charge in [0, 0.05) is 51.4 Å². The number of amides is 2. The third-order valence-electron chi connectivity index (χ3n) is 5.37. The lowest BCUT2D eigenvalue weighted by atomic mass is 9.92. The van der Waals surface area contributed by atoms with Crippen molar-refractivity contribution in [2.45, 2.75) is 38.1 Å². The number of fused-ring (bicyclic) bond motifs is 1. The summed E-state index contributed by atoms with van der Waals surface area (Å²) in [6, 6.07) is 3.83. The van der Waals surface area contributed by atoms with Crippen LogP contribution in [0.15, 0.2) is 27.3 Å². The second-order valence-electron chi connectivity index (χ2n) is 7.01. The molecule has 0 spiro atoms. The summed E-state index contributed by atoms with van der Waals surface area (Å²) in [6.07, 6.45) is 4.64. The van der Waals surface area contributed by atoms with Crippen molar-refractivity contribution >= 4 is 11.8 Å². The van der Waals surface area contributed by atoms with Gasteiger partial charge in [0.25, 0.3) is 0 Å². The third kappa shape index (κ3) is 3.23. The van der Waals surface area contributed by atoms with Gasteiger partial charge in [-0.3, -0.25) is 9.59 Å². The van der Waals surface area contributed by atoms with E-state index in [-0.39, 0.29) is 17.7 Å². The Kier molecular flexibility index (Phi) is 4.48. The number of carbonyl (C=O) groups is 2. The first-order chi connectivity index (χ1) is 12.6. The highest BCUT2D eigenvalue weighted by molar-refractivity contribution is 5.80. The maximum Gasteiger partial charge on any atom is 0.238 e. The van der Waals surface area contributed by atoms with Crippen molar-refractivity contribution < 1.29 is 18.5 Å². The molecule has 2 aliphatic heterocycles. The number of hydrogen-bond donors (Lipinski definition) is 0. The van der Waals surface area contributed by atoms with Gasteiger partial charge in [-0.1, -0.05) is 5.16 Å². The predicted molar refractivity (Wildman–Crippen MR) is 90.8 cm³/mol. The molecule has 0 bridgehead atoms. The standard InChI is InChI=1S/C18H22N4O4/c1-21-13-7-8-22(11-12(13)10-17(21)24)16(23)6-2-5-15-19-18(20-26-15)14-4-3-9-25-14/h3-4,9,12-13H,2,5-8,10-11H2,1H3/t12-,13+/m1/s1. The van der Waals surface area contributed by atoms with Gasteiger partial charge in [-0.2, -0.15) is 4.98 Å². The van der Waals surface area contributed by atoms with Crippen LogP contribution >= 0.6 is 0 Å². The minimum Gasteiger partial charge on any atom is -0.461 e. The molecule has 4 heterocycles. The molecule has 0 saturated carbocycles. The quantitative estimate of drug-likeness (QED) is 0.808. The van der Waals surface area contributed by atoms with E-state index in [0.717, 1.165) is 13.0 Å². The van der Waals surface area contributed by atoms with Gasteiger partial charge in [0.15, 0.2) is 5.76 Å². The minimum atomic E-state index is 0.135. The summed E-state index contributed by atoms with van der Waals surface area (Å²) in [5.74, 6) is 2.10. The first-order valence-corrected chi connectivity index (χ1v) is 9.01. The smallest absolute Gasteiger partial charge is 0.238 e. The Hall–Kier alpha value is -2.64. The molecule has 138 valence electrons. The molecule has 8 nitrogen and oxygen atoms in total. The van der Waals surface area contributed by atoms with E-state index in [1.54, 1.807) is 18.4 Å². The monoisotopic (exact) mass is 358 g/mol. The Morgan fingerprint density at radius 3 is 3.12 bits per heavy atom. The summed E-state index contributed by atoms with van der Waals surface area (Å²) < 4.78 is 10.4.